The number of likely N-dealkylation sites (tertiary alicyclic amines) is 1. The van der Waals surface area contributed by atoms with Gasteiger partial charge in [-0.25, -0.2) is 0 Å². The number of hydrogen-bond acceptors (Lipinski definition) is 2. The first-order valence-corrected chi connectivity index (χ1v) is 8.00. The van der Waals surface area contributed by atoms with Crippen LogP contribution in [0.5, 0.6) is 0 Å². The third kappa shape index (κ3) is 2.09. The Morgan fingerprint density at radius 2 is 1.95 bits per heavy atom. The molecular formula is C19H21NO. The van der Waals surface area contributed by atoms with Gasteiger partial charge in [-0.3, -0.25) is 4.79 Å². The van der Waals surface area contributed by atoms with Crippen LogP contribution < -0.4 is 0 Å². The number of benzene rings is 2. The number of rotatable bonds is 2. The molecule has 2 aromatic carbocycles. The normalized spacial score (nSPS) is 21.9. The van der Waals surface area contributed by atoms with Gasteiger partial charge in [0.2, 0.25) is 0 Å². The van der Waals surface area contributed by atoms with Gasteiger partial charge in [-0.05, 0) is 61.2 Å². The number of carbonyl (C=O) groups excluding carboxylic acids is 1. The lowest BCUT2D eigenvalue weighted by molar-refractivity contribution is 0.0845. The first kappa shape index (κ1) is 13.0. The van der Waals surface area contributed by atoms with E-state index in [1.165, 1.54) is 21.9 Å². The summed E-state index contributed by atoms with van der Waals surface area (Å²) in [6, 6.07) is 10.7. The summed E-state index contributed by atoms with van der Waals surface area (Å²) in [5.74, 6) is 0.513. The van der Waals surface area contributed by atoms with E-state index in [-0.39, 0.29) is 5.92 Å². The zero-order valence-electron chi connectivity index (χ0n) is 12.6. The largest absolute Gasteiger partial charge is 0.306 e. The Balaban J connectivity index is 1.79. The fourth-order valence-corrected chi connectivity index (χ4v) is 4.06. The highest BCUT2D eigenvalue weighted by Gasteiger charge is 2.27. The molecule has 0 N–H and O–H groups in total. The Hall–Kier alpha value is -1.67. The Morgan fingerprint density at radius 1 is 1.14 bits per heavy atom. The molecule has 1 atom stereocenters. The van der Waals surface area contributed by atoms with Gasteiger partial charge in [-0.15, -0.1) is 0 Å². The van der Waals surface area contributed by atoms with Crippen LogP contribution in [0, 0.1) is 5.92 Å². The van der Waals surface area contributed by atoms with E-state index in [1.807, 2.05) is 0 Å². The number of piperidine rings is 1. The fraction of sp³-hybridized carbons (Fsp3) is 0.421. The van der Waals surface area contributed by atoms with E-state index in [9.17, 15) is 4.79 Å². The summed E-state index contributed by atoms with van der Waals surface area (Å²) in [4.78, 5) is 15.3. The molecule has 0 bridgehead atoms. The molecule has 1 fully saturated rings. The molecule has 0 radical (unpaired) electrons. The lowest BCUT2D eigenvalue weighted by Gasteiger charge is -2.29. The van der Waals surface area contributed by atoms with Crippen LogP contribution in [-0.4, -0.2) is 30.8 Å². The highest BCUT2D eigenvalue weighted by atomic mass is 16.1. The predicted octanol–water partition coefficient (Wildman–Crippen LogP) is 3.46. The van der Waals surface area contributed by atoms with E-state index in [0.29, 0.717) is 5.78 Å². The van der Waals surface area contributed by atoms with Crippen LogP contribution >= 0.6 is 0 Å². The summed E-state index contributed by atoms with van der Waals surface area (Å²) < 4.78 is 0. The molecule has 108 valence electrons. The molecule has 1 saturated heterocycles. The van der Waals surface area contributed by atoms with Crippen molar-refractivity contribution in [3.63, 3.8) is 0 Å². The van der Waals surface area contributed by atoms with E-state index in [0.717, 1.165) is 44.3 Å². The second kappa shape index (κ2) is 4.96. The number of aryl methyl sites for hydroxylation is 2. The maximum Gasteiger partial charge on any atom is 0.167 e. The van der Waals surface area contributed by atoms with Gasteiger partial charge in [0, 0.05) is 18.0 Å². The predicted molar refractivity (Wildman–Crippen MR) is 85.9 cm³/mol. The molecule has 1 heterocycles. The van der Waals surface area contributed by atoms with Gasteiger partial charge >= 0.3 is 0 Å². The van der Waals surface area contributed by atoms with Crippen LogP contribution in [0.2, 0.25) is 0 Å². The minimum Gasteiger partial charge on any atom is -0.306 e. The second-order valence-electron chi connectivity index (χ2n) is 6.58. The number of hydrogen-bond donors (Lipinski definition) is 0. The van der Waals surface area contributed by atoms with Crippen molar-refractivity contribution in [3.05, 3.63) is 47.0 Å². The van der Waals surface area contributed by atoms with Crippen molar-refractivity contribution < 1.29 is 4.79 Å². The summed E-state index contributed by atoms with van der Waals surface area (Å²) in [6.07, 6.45) is 4.41. The van der Waals surface area contributed by atoms with Crippen molar-refractivity contribution in [2.24, 2.45) is 5.92 Å². The van der Waals surface area contributed by atoms with Crippen LogP contribution in [0.1, 0.15) is 34.3 Å². The first-order valence-electron chi connectivity index (χ1n) is 8.00. The van der Waals surface area contributed by atoms with Crippen LogP contribution in [0.4, 0.5) is 0 Å². The third-order valence-electron chi connectivity index (χ3n) is 5.14. The highest BCUT2D eigenvalue weighted by molar-refractivity contribution is 6.11. The molecule has 0 saturated carbocycles. The molecule has 1 aliphatic carbocycles. The van der Waals surface area contributed by atoms with Crippen molar-refractivity contribution in [1.29, 1.82) is 0 Å². The standard InChI is InChI=1S/C19H21NO/c1-20-11-3-5-15(12-20)19(21)17-10-9-14-8-7-13-4-2-6-16(17)18(13)14/h2,4,6,9-10,15H,3,5,7-8,11-12H2,1H3/t15-/m1/s1. The summed E-state index contributed by atoms with van der Waals surface area (Å²) >= 11 is 0. The van der Waals surface area contributed by atoms with Crippen LogP contribution in [0.3, 0.4) is 0 Å². The zero-order chi connectivity index (χ0) is 14.4. The lowest BCUT2D eigenvalue weighted by Crippen LogP contribution is -2.36. The van der Waals surface area contributed by atoms with Gasteiger partial charge in [-0.1, -0.05) is 30.3 Å². The molecule has 4 rings (SSSR count). The molecule has 2 nitrogen and oxygen atoms in total. The molecule has 0 spiro atoms. The maximum absolute atomic E-state index is 13.0. The second-order valence-corrected chi connectivity index (χ2v) is 6.58. The molecular weight excluding hydrogens is 258 g/mol. The van der Waals surface area contributed by atoms with Gasteiger partial charge in [0.15, 0.2) is 5.78 Å². The first-order chi connectivity index (χ1) is 10.2. The number of Topliss-reactive ketones (excluding diaryl/α,β-unsaturated/α-hetero) is 1. The van der Waals surface area contributed by atoms with Crippen LogP contribution in [0.15, 0.2) is 30.3 Å². The van der Waals surface area contributed by atoms with Gasteiger partial charge < -0.3 is 4.90 Å². The molecule has 2 aromatic rings. The van der Waals surface area contributed by atoms with Gasteiger partial charge in [0.1, 0.15) is 0 Å². The molecule has 1 aliphatic heterocycles. The number of nitrogens with zero attached hydrogens (tertiary/aromatic N) is 1. The third-order valence-corrected chi connectivity index (χ3v) is 5.14. The monoisotopic (exact) mass is 279 g/mol. The lowest BCUT2D eigenvalue weighted by atomic mass is 9.87. The van der Waals surface area contributed by atoms with E-state index < -0.39 is 0 Å². The van der Waals surface area contributed by atoms with E-state index in [2.05, 4.69) is 42.3 Å². The van der Waals surface area contributed by atoms with Crippen molar-refractivity contribution in [2.45, 2.75) is 25.7 Å². The topological polar surface area (TPSA) is 20.3 Å². The van der Waals surface area contributed by atoms with Crippen LogP contribution in [-0.2, 0) is 12.8 Å². The smallest absolute Gasteiger partial charge is 0.167 e. The van der Waals surface area contributed by atoms with Gasteiger partial charge in [0.25, 0.3) is 0 Å². The molecule has 21 heavy (non-hydrogen) atoms. The van der Waals surface area contributed by atoms with Crippen molar-refractivity contribution in [1.82, 2.24) is 4.90 Å². The van der Waals surface area contributed by atoms with Crippen LogP contribution in [0.25, 0.3) is 10.8 Å². The quantitative estimate of drug-likeness (QED) is 0.785. The van der Waals surface area contributed by atoms with Crippen molar-refractivity contribution in [2.75, 3.05) is 20.1 Å². The van der Waals surface area contributed by atoms with Crippen molar-refractivity contribution >= 4 is 16.6 Å². The Labute approximate surface area is 125 Å². The molecule has 2 heteroatoms. The average Bonchev–Trinajstić information content (AvgIpc) is 2.92. The molecule has 0 amide bonds. The highest BCUT2D eigenvalue weighted by Crippen LogP contribution is 2.34. The van der Waals surface area contributed by atoms with Gasteiger partial charge in [-0.2, -0.15) is 0 Å². The van der Waals surface area contributed by atoms with Gasteiger partial charge in [0.05, 0.1) is 0 Å². The average molecular weight is 279 g/mol. The maximum atomic E-state index is 13.0. The number of carbonyl (C=O) groups is 1. The Kier molecular flexibility index (Phi) is 3.07. The minimum absolute atomic E-state index is 0.169. The van der Waals surface area contributed by atoms with Crippen molar-refractivity contribution in [3.8, 4) is 0 Å². The SMILES string of the molecule is CN1CCC[C@@H](C(=O)c2ccc3c4c(cccc24)CC3)C1. The Morgan fingerprint density at radius 3 is 2.76 bits per heavy atom. The summed E-state index contributed by atoms with van der Waals surface area (Å²) in [6.45, 7) is 2.02. The summed E-state index contributed by atoms with van der Waals surface area (Å²) in [5, 5.41) is 2.54. The summed E-state index contributed by atoms with van der Waals surface area (Å²) in [7, 11) is 2.12. The molecule has 0 unspecified atom stereocenters. The Bertz CT molecular complexity index is 709. The molecule has 2 aliphatic rings. The molecule has 0 aromatic heterocycles. The minimum atomic E-state index is 0.169. The zero-order valence-corrected chi connectivity index (χ0v) is 12.6. The van der Waals surface area contributed by atoms with E-state index in [4.69, 9.17) is 0 Å². The van der Waals surface area contributed by atoms with E-state index >= 15 is 0 Å². The summed E-state index contributed by atoms with van der Waals surface area (Å²) in [5.41, 5.74) is 3.77. The number of ketones is 1. The van der Waals surface area contributed by atoms with E-state index in [1.54, 1.807) is 0 Å². The fourth-order valence-electron chi connectivity index (χ4n) is 4.06.